The molecule has 0 aliphatic heterocycles. The molecule has 0 bridgehead atoms. The van der Waals surface area contributed by atoms with E-state index in [1.54, 1.807) is 0 Å². The molecule has 3 nitrogen and oxygen atoms in total. The van der Waals surface area contributed by atoms with Gasteiger partial charge in [0.2, 0.25) is 5.91 Å². The molecule has 0 saturated heterocycles. The lowest BCUT2D eigenvalue weighted by molar-refractivity contribution is -0.126. The van der Waals surface area contributed by atoms with Crippen molar-refractivity contribution >= 4 is 5.91 Å². The van der Waals surface area contributed by atoms with E-state index in [2.05, 4.69) is 36.5 Å². The van der Waals surface area contributed by atoms with Crippen LogP contribution < -0.4 is 5.32 Å². The molecule has 0 aliphatic carbocycles. The topological polar surface area (TPSA) is 38.3 Å². The van der Waals surface area contributed by atoms with Crippen LogP contribution in [0.2, 0.25) is 0 Å². The van der Waals surface area contributed by atoms with Crippen LogP contribution in [-0.2, 0) is 16.1 Å². The minimum absolute atomic E-state index is 0.0318. The Hall–Kier alpha value is -2.91. The summed E-state index contributed by atoms with van der Waals surface area (Å²) in [6.07, 6.45) is 0. The highest BCUT2D eigenvalue weighted by Gasteiger charge is 2.16. The molecule has 132 valence electrons. The Kier molecular flexibility index (Phi) is 6.18. The molecule has 3 aromatic rings. The maximum Gasteiger partial charge on any atom is 0.246 e. The van der Waals surface area contributed by atoms with Gasteiger partial charge in [0.15, 0.2) is 0 Å². The maximum absolute atomic E-state index is 12.4. The zero-order valence-electron chi connectivity index (χ0n) is 14.9. The Labute approximate surface area is 154 Å². The lowest BCUT2D eigenvalue weighted by atomic mass is 9.98. The number of rotatable bonds is 7. The number of benzene rings is 3. The molecule has 1 unspecified atom stereocenters. The molecule has 3 aromatic carbocycles. The van der Waals surface area contributed by atoms with Crippen LogP contribution in [0.5, 0.6) is 0 Å². The van der Waals surface area contributed by atoms with Gasteiger partial charge in [-0.05, 0) is 23.6 Å². The van der Waals surface area contributed by atoms with E-state index >= 15 is 0 Å². The fraction of sp³-hybridized carbons (Fsp3) is 0.174. The summed E-state index contributed by atoms with van der Waals surface area (Å²) in [6, 6.07) is 27.9. The number of amides is 1. The summed E-state index contributed by atoms with van der Waals surface area (Å²) >= 11 is 0. The lowest BCUT2D eigenvalue weighted by Crippen LogP contribution is -2.32. The standard InChI is InChI=1S/C23H23NO2/c1-18-12-14-21(15-13-18)23(20-10-6-3-7-11-20)24-22(25)17-26-16-19-8-4-2-5-9-19/h2-15,23H,16-17H2,1H3,(H,24,25). The fourth-order valence-electron chi connectivity index (χ4n) is 2.80. The zero-order valence-corrected chi connectivity index (χ0v) is 14.9. The van der Waals surface area contributed by atoms with Crippen molar-refractivity contribution < 1.29 is 9.53 Å². The molecular weight excluding hydrogens is 322 g/mol. The van der Waals surface area contributed by atoms with Crippen LogP contribution in [0.1, 0.15) is 28.3 Å². The number of nitrogens with one attached hydrogen (secondary N) is 1. The van der Waals surface area contributed by atoms with E-state index in [1.165, 1.54) is 5.56 Å². The van der Waals surface area contributed by atoms with Crippen LogP contribution in [0.3, 0.4) is 0 Å². The van der Waals surface area contributed by atoms with E-state index in [0.29, 0.717) is 6.61 Å². The first-order valence-corrected chi connectivity index (χ1v) is 8.75. The SMILES string of the molecule is Cc1ccc(C(NC(=O)COCc2ccccc2)c2ccccc2)cc1. The van der Waals surface area contributed by atoms with E-state index in [9.17, 15) is 4.79 Å². The Balaban J connectivity index is 1.65. The van der Waals surface area contributed by atoms with Crippen LogP contribution in [0, 0.1) is 6.92 Å². The molecule has 0 spiro atoms. The van der Waals surface area contributed by atoms with Crippen LogP contribution >= 0.6 is 0 Å². The van der Waals surface area contributed by atoms with Gasteiger partial charge in [-0.3, -0.25) is 4.79 Å². The van der Waals surface area contributed by atoms with E-state index in [-0.39, 0.29) is 18.6 Å². The van der Waals surface area contributed by atoms with Crippen molar-refractivity contribution in [2.75, 3.05) is 6.61 Å². The third-order valence-corrected chi connectivity index (χ3v) is 4.19. The summed E-state index contributed by atoms with van der Waals surface area (Å²) in [5.74, 6) is -0.129. The summed E-state index contributed by atoms with van der Waals surface area (Å²) in [4.78, 5) is 12.4. The largest absolute Gasteiger partial charge is 0.367 e. The Bertz CT molecular complexity index is 814. The molecule has 1 atom stereocenters. The molecule has 0 saturated carbocycles. The summed E-state index contributed by atoms with van der Waals surface area (Å²) in [5.41, 5.74) is 4.35. The third-order valence-electron chi connectivity index (χ3n) is 4.19. The van der Waals surface area contributed by atoms with Gasteiger partial charge >= 0.3 is 0 Å². The Morgan fingerprint density at radius 2 is 1.42 bits per heavy atom. The first-order valence-electron chi connectivity index (χ1n) is 8.75. The maximum atomic E-state index is 12.4. The summed E-state index contributed by atoms with van der Waals surface area (Å²) in [5, 5.41) is 3.09. The predicted octanol–water partition coefficient (Wildman–Crippen LogP) is 4.42. The molecular formula is C23H23NO2. The summed E-state index contributed by atoms with van der Waals surface area (Å²) in [6.45, 7) is 2.51. The highest BCUT2D eigenvalue weighted by atomic mass is 16.5. The average Bonchev–Trinajstić information content (AvgIpc) is 2.68. The molecule has 0 heterocycles. The van der Waals surface area contributed by atoms with Crippen LogP contribution in [0.4, 0.5) is 0 Å². The van der Waals surface area contributed by atoms with Crippen LogP contribution in [0.15, 0.2) is 84.9 Å². The van der Waals surface area contributed by atoms with Crippen LogP contribution in [-0.4, -0.2) is 12.5 Å². The third kappa shape index (κ3) is 5.04. The number of ether oxygens (including phenoxy) is 1. The first-order chi connectivity index (χ1) is 12.7. The van der Waals surface area contributed by atoms with Gasteiger partial charge < -0.3 is 10.1 Å². The summed E-state index contributed by atoms with van der Waals surface area (Å²) in [7, 11) is 0. The van der Waals surface area contributed by atoms with E-state index in [1.807, 2.05) is 60.7 Å². The van der Waals surface area contributed by atoms with Gasteiger partial charge in [-0.15, -0.1) is 0 Å². The van der Waals surface area contributed by atoms with E-state index < -0.39 is 0 Å². The van der Waals surface area contributed by atoms with Gasteiger partial charge in [-0.2, -0.15) is 0 Å². The highest BCUT2D eigenvalue weighted by molar-refractivity contribution is 5.78. The molecule has 26 heavy (non-hydrogen) atoms. The van der Waals surface area contributed by atoms with Crippen molar-refractivity contribution in [2.24, 2.45) is 0 Å². The minimum Gasteiger partial charge on any atom is -0.367 e. The van der Waals surface area contributed by atoms with Crippen molar-refractivity contribution in [1.29, 1.82) is 0 Å². The average molecular weight is 345 g/mol. The first kappa shape index (κ1) is 17.9. The van der Waals surface area contributed by atoms with E-state index in [4.69, 9.17) is 4.74 Å². The molecule has 0 radical (unpaired) electrons. The monoisotopic (exact) mass is 345 g/mol. The number of aryl methyl sites for hydroxylation is 1. The predicted molar refractivity (Wildman–Crippen MR) is 104 cm³/mol. The lowest BCUT2D eigenvalue weighted by Gasteiger charge is -2.20. The van der Waals surface area contributed by atoms with Gasteiger partial charge in [0.25, 0.3) is 0 Å². The van der Waals surface area contributed by atoms with Crippen molar-refractivity contribution in [3.63, 3.8) is 0 Å². The second-order valence-electron chi connectivity index (χ2n) is 6.30. The minimum atomic E-state index is -0.190. The van der Waals surface area contributed by atoms with Crippen molar-refractivity contribution in [1.82, 2.24) is 5.32 Å². The molecule has 3 rings (SSSR count). The van der Waals surface area contributed by atoms with Crippen molar-refractivity contribution in [2.45, 2.75) is 19.6 Å². The zero-order chi connectivity index (χ0) is 18.2. The Morgan fingerprint density at radius 1 is 0.846 bits per heavy atom. The molecule has 0 aliphatic rings. The fourth-order valence-corrected chi connectivity index (χ4v) is 2.80. The quantitative estimate of drug-likeness (QED) is 0.688. The number of hydrogen-bond donors (Lipinski definition) is 1. The smallest absolute Gasteiger partial charge is 0.246 e. The molecule has 3 heteroatoms. The van der Waals surface area contributed by atoms with Crippen molar-refractivity contribution in [3.8, 4) is 0 Å². The van der Waals surface area contributed by atoms with Gasteiger partial charge in [-0.1, -0.05) is 90.5 Å². The van der Waals surface area contributed by atoms with Crippen molar-refractivity contribution in [3.05, 3.63) is 107 Å². The van der Waals surface area contributed by atoms with Gasteiger partial charge in [0.1, 0.15) is 6.61 Å². The number of carbonyl (C=O) groups excluding carboxylic acids is 1. The highest BCUT2D eigenvalue weighted by Crippen LogP contribution is 2.22. The van der Waals surface area contributed by atoms with Gasteiger partial charge in [0, 0.05) is 0 Å². The number of hydrogen-bond acceptors (Lipinski definition) is 2. The molecule has 0 fully saturated rings. The second-order valence-corrected chi connectivity index (χ2v) is 6.30. The van der Waals surface area contributed by atoms with Gasteiger partial charge in [-0.25, -0.2) is 0 Å². The van der Waals surface area contributed by atoms with E-state index in [0.717, 1.165) is 16.7 Å². The Morgan fingerprint density at radius 3 is 2.08 bits per heavy atom. The normalized spacial score (nSPS) is 11.7. The second kappa shape index (κ2) is 8.97. The van der Waals surface area contributed by atoms with Crippen LogP contribution in [0.25, 0.3) is 0 Å². The number of carbonyl (C=O) groups is 1. The molecule has 1 amide bonds. The molecule has 0 aromatic heterocycles. The molecule has 1 N–H and O–H groups in total. The van der Waals surface area contributed by atoms with Gasteiger partial charge in [0.05, 0.1) is 12.6 Å². The summed E-state index contributed by atoms with van der Waals surface area (Å²) < 4.78 is 5.56.